The number of nitrogens with one attached hydrogen (secondary N) is 1. The van der Waals surface area contributed by atoms with Crippen molar-refractivity contribution >= 4 is 33.5 Å². The van der Waals surface area contributed by atoms with Gasteiger partial charge in [-0.2, -0.15) is 0 Å². The lowest BCUT2D eigenvalue weighted by atomic mass is 9.90. The molecule has 0 aromatic heterocycles. The van der Waals surface area contributed by atoms with Gasteiger partial charge in [-0.3, -0.25) is 4.79 Å². The van der Waals surface area contributed by atoms with Crippen LogP contribution in [0.25, 0.3) is 0 Å². The number of esters is 1. The van der Waals surface area contributed by atoms with E-state index in [2.05, 4.69) is 21.2 Å². The summed E-state index contributed by atoms with van der Waals surface area (Å²) >= 11 is 3.34. The maximum absolute atomic E-state index is 12.1. The van der Waals surface area contributed by atoms with Crippen molar-refractivity contribution in [3.05, 3.63) is 63.6 Å². The molecular weight excluding hydrogens is 370 g/mol. The highest BCUT2D eigenvalue weighted by Crippen LogP contribution is 2.22. The minimum Gasteiger partial charge on any atom is -0.452 e. The zero-order valence-electron chi connectivity index (χ0n) is 13.2. The smallest absolute Gasteiger partial charge is 0.338 e. The van der Waals surface area contributed by atoms with Crippen molar-refractivity contribution in [2.24, 2.45) is 0 Å². The zero-order chi connectivity index (χ0) is 16.9. The van der Waals surface area contributed by atoms with Gasteiger partial charge in [0.15, 0.2) is 6.61 Å². The van der Waals surface area contributed by atoms with Gasteiger partial charge >= 0.3 is 5.97 Å². The number of ether oxygens (including phenoxy) is 1. The molecule has 0 saturated heterocycles. The number of amides is 1. The lowest BCUT2D eigenvalue weighted by molar-refractivity contribution is -0.119. The molecule has 0 bridgehead atoms. The molecule has 1 N–H and O–H groups in total. The summed E-state index contributed by atoms with van der Waals surface area (Å²) < 4.78 is 5.99. The highest BCUT2D eigenvalue weighted by molar-refractivity contribution is 9.10. The molecule has 1 aliphatic rings. The summed E-state index contributed by atoms with van der Waals surface area (Å²) in [5.74, 6) is -0.827. The van der Waals surface area contributed by atoms with Gasteiger partial charge in [0.05, 0.1) is 5.56 Å². The number of aryl methyl sites for hydroxylation is 2. The number of rotatable bonds is 4. The number of hydrogen-bond donors (Lipinski definition) is 1. The Morgan fingerprint density at radius 3 is 2.62 bits per heavy atom. The first-order valence-electron chi connectivity index (χ1n) is 7.96. The van der Waals surface area contributed by atoms with Gasteiger partial charge in [0.25, 0.3) is 5.91 Å². The van der Waals surface area contributed by atoms with E-state index in [0.29, 0.717) is 11.3 Å². The van der Waals surface area contributed by atoms with Crippen LogP contribution in [0.15, 0.2) is 46.9 Å². The molecule has 0 atom stereocenters. The topological polar surface area (TPSA) is 55.4 Å². The minimum atomic E-state index is -0.465. The van der Waals surface area contributed by atoms with Crippen LogP contribution in [0.2, 0.25) is 0 Å². The van der Waals surface area contributed by atoms with Gasteiger partial charge < -0.3 is 10.1 Å². The molecule has 5 heteroatoms. The van der Waals surface area contributed by atoms with E-state index in [1.807, 2.05) is 24.3 Å². The molecule has 4 nitrogen and oxygen atoms in total. The molecule has 0 spiro atoms. The Labute approximate surface area is 149 Å². The maximum Gasteiger partial charge on any atom is 0.338 e. The molecule has 0 unspecified atom stereocenters. The molecule has 24 heavy (non-hydrogen) atoms. The Kier molecular flexibility index (Phi) is 5.30. The predicted molar refractivity (Wildman–Crippen MR) is 96.1 cm³/mol. The monoisotopic (exact) mass is 387 g/mol. The first kappa shape index (κ1) is 16.7. The van der Waals surface area contributed by atoms with E-state index < -0.39 is 5.97 Å². The van der Waals surface area contributed by atoms with E-state index in [0.717, 1.165) is 23.7 Å². The summed E-state index contributed by atoms with van der Waals surface area (Å²) in [6.07, 6.45) is 4.42. The normalized spacial score (nSPS) is 13.0. The van der Waals surface area contributed by atoms with E-state index in [-0.39, 0.29) is 12.5 Å². The van der Waals surface area contributed by atoms with Crippen molar-refractivity contribution in [1.82, 2.24) is 0 Å². The lowest BCUT2D eigenvalue weighted by Gasteiger charge is -2.16. The van der Waals surface area contributed by atoms with Crippen LogP contribution in [0.4, 0.5) is 5.69 Å². The Bertz CT molecular complexity index is 773. The van der Waals surface area contributed by atoms with Gasteiger partial charge in [0.1, 0.15) is 0 Å². The fourth-order valence-electron chi connectivity index (χ4n) is 2.84. The van der Waals surface area contributed by atoms with Crippen LogP contribution in [0.3, 0.4) is 0 Å². The third-order valence-corrected chi connectivity index (χ3v) is 4.52. The molecule has 0 fully saturated rings. The maximum atomic E-state index is 12.1. The molecule has 124 valence electrons. The second-order valence-electron chi connectivity index (χ2n) is 5.83. The highest BCUT2D eigenvalue weighted by Gasteiger charge is 2.15. The summed E-state index contributed by atoms with van der Waals surface area (Å²) in [4.78, 5) is 24.0. The quantitative estimate of drug-likeness (QED) is 0.802. The Morgan fingerprint density at radius 1 is 1.04 bits per heavy atom. The number of anilines is 1. The van der Waals surface area contributed by atoms with Crippen molar-refractivity contribution < 1.29 is 14.3 Å². The van der Waals surface area contributed by atoms with Gasteiger partial charge in [-0.15, -0.1) is 0 Å². The first-order chi connectivity index (χ1) is 11.6. The lowest BCUT2D eigenvalue weighted by Crippen LogP contribution is -2.21. The van der Waals surface area contributed by atoms with Gasteiger partial charge in [-0.25, -0.2) is 4.79 Å². The summed E-state index contributed by atoms with van der Waals surface area (Å²) in [5, 5.41) is 2.69. The van der Waals surface area contributed by atoms with Crippen molar-refractivity contribution in [1.29, 1.82) is 0 Å². The van der Waals surface area contributed by atoms with Crippen molar-refractivity contribution in [2.45, 2.75) is 25.7 Å². The molecule has 2 aromatic carbocycles. The van der Waals surface area contributed by atoms with E-state index in [1.165, 1.54) is 17.5 Å². The Morgan fingerprint density at radius 2 is 1.83 bits per heavy atom. The van der Waals surface area contributed by atoms with Crippen molar-refractivity contribution in [3.8, 4) is 0 Å². The van der Waals surface area contributed by atoms with E-state index >= 15 is 0 Å². The Balaban J connectivity index is 1.56. The Hall–Kier alpha value is -2.14. The predicted octanol–water partition coefficient (Wildman–Crippen LogP) is 4.12. The molecule has 0 saturated carbocycles. The molecule has 3 rings (SSSR count). The molecule has 0 radical (unpaired) electrons. The van der Waals surface area contributed by atoms with Crippen LogP contribution >= 0.6 is 15.9 Å². The second-order valence-corrected chi connectivity index (χ2v) is 6.74. The second kappa shape index (κ2) is 7.62. The molecule has 1 aliphatic carbocycles. The average Bonchev–Trinajstić information content (AvgIpc) is 2.59. The van der Waals surface area contributed by atoms with Gasteiger partial charge in [-0.1, -0.05) is 28.1 Å². The number of benzene rings is 2. The van der Waals surface area contributed by atoms with E-state index in [4.69, 9.17) is 4.74 Å². The van der Waals surface area contributed by atoms with Crippen LogP contribution in [0, 0.1) is 0 Å². The standard InChI is InChI=1S/C19H18BrNO3/c20-16-6-3-7-17(11-16)21-18(22)12-24-19(23)15-9-8-13-4-1-2-5-14(13)10-15/h3,6-11H,1-2,4-5,12H2,(H,21,22). The first-order valence-corrected chi connectivity index (χ1v) is 8.75. The fraction of sp³-hybridized carbons (Fsp3) is 0.263. The number of hydrogen-bond acceptors (Lipinski definition) is 3. The van der Waals surface area contributed by atoms with E-state index in [1.54, 1.807) is 18.2 Å². The van der Waals surface area contributed by atoms with Crippen LogP contribution < -0.4 is 5.32 Å². The minimum absolute atomic E-state index is 0.303. The zero-order valence-corrected chi connectivity index (χ0v) is 14.8. The number of carbonyl (C=O) groups excluding carboxylic acids is 2. The van der Waals surface area contributed by atoms with Crippen LogP contribution in [-0.2, 0) is 22.4 Å². The summed E-state index contributed by atoms with van der Waals surface area (Å²) in [6.45, 7) is -0.303. The van der Waals surface area contributed by atoms with Gasteiger partial charge in [0.2, 0.25) is 0 Å². The SMILES string of the molecule is O=C(COC(=O)c1ccc2c(c1)CCCC2)Nc1cccc(Br)c1. The summed E-state index contributed by atoms with van der Waals surface area (Å²) in [7, 11) is 0. The largest absolute Gasteiger partial charge is 0.452 e. The number of fused-ring (bicyclic) bond motifs is 1. The molecule has 0 aliphatic heterocycles. The third kappa shape index (κ3) is 4.23. The molecule has 2 aromatic rings. The van der Waals surface area contributed by atoms with E-state index in [9.17, 15) is 9.59 Å². The fourth-order valence-corrected chi connectivity index (χ4v) is 3.24. The number of halogens is 1. The molecule has 1 amide bonds. The van der Waals surface area contributed by atoms with Gasteiger partial charge in [-0.05, 0) is 67.1 Å². The third-order valence-electron chi connectivity index (χ3n) is 4.03. The molecule has 0 heterocycles. The van der Waals surface area contributed by atoms with Crippen LogP contribution in [0.1, 0.15) is 34.3 Å². The summed E-state index contributed by atoms with van der Waals surface area (Å²) in [5.41, 5.74) is 3.68. The summed E-state index contributed by atoms with van der Waals surface area (Å²) in [6, 6.07) is 12.9. The number of carbonyl (C=O) groups is 2. The molecular formula is C19H18BrNO3. The van der Waals surface area contributed by atoms with Crippen LogP contribution in [0.5, 0.6) is 0 Å². The van der Waals surface area contributed by atoms with Gasteiger partial charge in [0, 0.05) is 10.2 Å². The average molecular weight is 388 g/mol. The highest BCUT2D eigenvalue weighted by atomic mass is 79.9. The van der Waals surface area contributed by atoms with Crippen molar-refractivity contribution in [2.75, 3.05) is 11.9 Å². The van der Waals surface area contributed by atoms with Crippen LogP contribution in [-0.4, -0.2) is 18.5 Å². The van der Waals surface area contributed by atoms with Crippen molar-refractivity contribution in [3.63, 3.8) is 0 Å².